The molecule has 0 saturated carbocycles. The van der Waals surface area contributed by atoms with Crippen LogP contribution in [-0.2, 0) is 13.0 Å². The average molecular weight is 255 g/mol. The molecule has 0 atom stereocenters. The number of nitrogens with zero attached hydrogens (tertiary/aromatic N) is 1. The van der Waals surface area contributed by atoms with Crippen LogP contribution in [0.25, 0.3) is 0 Å². The average Bonchev–Trinajstić information content (AvgIpc) is 2.84. The van der Waals surface area contributed by atoms with Crippen LogP contribution in [0.3, 0.4) is 0 Å². The smallest absolute Gasteiger partial charge is 0.164 e. The van der Waals surface area contributed by atoms with Gasteiger partial charge in [-0.25, -0.2) is 0 Å². The lowest BCUT2D eigenvalue weighted by molar-refractivity contribution is 0.0972. The Balaban J connectivity index is 1.85. The van der Waals surface area contributed by atoms with Crippen molar-refractivity contribution in [2.24, 2.45) is 0 Å². The highest BCUT2D eigenvalue weighted by Gasteiger charge is 2.20. The van der Waals surface area contributed by atoms with Crippen LogP contribution < -0.4 is 4.74 Å². The Labute approximate surface area is 112 Å². The summed E-state index contributed by atoms with van der Waals surface area (Å²) in [5, 5.41) is 0. The largest absolute Gasteiger partial charge is 0.497 e. The minimum Gasteiger partial charge on any atom is -0.497 e. The first-order valence-electron chi connectivity index (χ1n) is 6.62. The lowest BCUT2D eigenvalue weighted by atomic mass is 9.97. The maximum Gasteiger partial charge on any atom is 0.164 e. The number of aromatic nitrogens is 1. The van der Waals surface area contributed by atoms with Gasteiger partial charge in [-0.1, -0.05) is 12.1 Å². The standard InChI is InChI=1S/C16H17NO2/c1-19-13-7-5-12(6-8-13)11-17-10-9-14-15(17)3-2-4-16(14)18/h5-10H,2-4,11H2,1H3. The Hall–Kier alpha value is -2.03. The molecule has 1 aromatic carbocycles. The topological polar surface area (TPSA) is 31.2 Å². The number of hydrogen-bond acceptors (Lipinski definition) is 2. The molecule has 0 saturated heterocycles. The molecule has 19 heavy (non-hydrogen) atoms. The number of rotatable bonds is 3. The second kappa shape index (κ2) is 4.92. The van der Waals surface area contributed by atoms with E-state index in [-0.39, 0.29) is 5.78 Å². The van der Waals surface area contributed by atoms with E-state index in [0.29, 0.717) is 6.42 Å². The summed E-state index contributed by atoms with van der Waals surface area (Å²) in [4.78, 5) is 11.8. The van der Waals surface area contributed by atoms with Crippen molar-refractivity contribution in [3.05, 3.63) is 53.3 Å². The summed E-state index contributed by atoms with van der Waals surface area (Å²) in [5.41, 5.74) is 3.32. The van der Waals surface area contributed by atoms with E-state index in [9.17, 15) is 4.79 Å². The van der Waals surface area contributed by atoms with Gasteiger partial charge >= 0.3 is 0 Å². The molecule has 0 unspecified atom stereocenters. The number of benzene rings is 1. The fourth-order valence-corrected chi connectivity index (χ4v) is 2.66. The molecule has 1 aromatic heterocycles. The number of hydrogen-bond donors (Lipinski definition) is 0. The number of ketones is 1. The van der Waals surface area contributed by atoms with Crippen molar-refractivity contribution in [2.45, 2.75) is 25.8 Å². The van der Waals surface area contributed by atoms with Gasteiger partial charge in [0.15, 0.2) is 5.78 Å². The number of ether oxygens (including phenoxy) is 1. The van der Waals surface area contributed by atoms with E-state index in [0.717, 1.165) is 30.7 Å². The van der Waals surface area contributed by atoms with E-state index in [4.69, 9.17) is 4.74 Å². The van der Waals surface area contributed by atoms with E-state index >= 15 is 0 Å². The summed E-state index contributed by atoms with van der Waals surface area (Å²) in [6.07, 6.45) is 4.69. The predicted molar refractivity (Wildman–Crippen MR) is 73.8 cm³/mol. The van der Waals surface area contributed by atoms with E-state index < -0.39 is 0 Å². The normalized spacial score (nSPS) is 14.3. The molecule has 3 nitrogen and oxygen atoms in total. The Morgan fingerprint density at radius 1 is 1.16 bits per heavy atom. The highest BCUT2D eigenvalue weighted by atomic mass is 16.5. The van der Waals surface area contributed by atoms with Gasteiger partial charge in [-0.05, 0) is 36.6 Å². The third-order valence-electron chi connectivity index (χ3n) is 3.71. The number of carbonyl (C=O) groups is 1. The van der Waals surface area contributed by atoms with Gasteiger partial charge in [0.25, 0.3) is 0 Å². The molecule has 2 aromatic rings. The number of Topliss-reactive ketones (excluding diaryl/α,β-unsaturated/α-hetero) is 1. The summed E-state index contributed by atoms with van der Waals surface area (Å²) in [7, 11) is 1.67. The zero-order valence-corrected chi connectivity index (χ0v) is 11.1. The van der Waals surface area contributed by atoms with Crippen LogP contribution >= 0.6 is 0 Å². The van der Waals surface area contributed by atoms with Crippen molar-refractivity contribution in [1.29, 1.82) is 0 Å². The van der Waals surface area contributed by atoms with Gasteiger partial charge in [0.05, 0.1) is 7.11 Å². The van der Waals surface area contributed by atoms with Crippen molar-refractivity contribution < 1.29 is 9.53 Å². The molecule has 0 aliphatic heterocycles. The molecular formula is C16H17NO2. The molecule has 0 spiro atoms. The summed E-state index contributed by atoms with van der Waals surface area (Å²) < 4.78 is 7.35. The Morgan fingerprint density at radius 2 is 1.95 bits per heavy atom. The van der Waals surface area contributed by atoms with Crippen LogP contribution in [0, 0.1) is 0 Å². The molecule has 3 rings (SSSR count). The second-order valence-corrected chi connectivity index (χ2v) is 4.93. The first kappa shape index (κ1) is 12.0. The van der Waals surface area contributed by atoms with Crippen molar-refractivity contribution in [1.82, 2.24) is 4.57 Å². The zero-order valence-electron chi connectivity index (χ0n) is 11.1. The first-order valence-corrected chi connectivity index (χ1v) is 6.62. The van der Waals surface area contributed by atoms with Crippen LogP contribution in [0.5, 0.6) is 5.75 Å². The van der Waals surface area contributed by atoms with Crippen molar-refractivity contribution in [2.75, 3.05) is 7.11 Å². The van der Waals surface area contributed by atoms with Crippen LogP contribution in [-0.4, -0.2) is 17.5 Å². The minimum atomic E-state index is 0.287. The Kier molecular flexibility index (Phi) is 3.11. The lowest BCUT2D eigenvalue weighted by Crippen LogP contribution is -2.13. The maximum atomic E-state index is 11.8. The van der Waals surface area contributed by atoms with Gasteiger partial charge < -0.3 is 9.30 Å². The van der Waals surface area contributed by atoms with Crippen molar-refractivity contribution >= 4 is 5.78 Å². The van der Waals surface area contributed by atoms with Crippen molar-refractivity contribution in [3.8, 4) is 5.75 Å². The van der Waals surface area contributed by atoms with Crippen LogP contribution in [0.2, 0.25) is 0 Å². The lowest BCUT2D eigenvalue weighted by Gasteiger charge is -2.15. The van der Waals surface area contributed by atoms with E-state index in [1.807, 2.05) is 24.4 Å². The van der Waals surface area contributed by atoms with Gasteiger partial charge in [0.2, 0.25) is 0 Å². The van der Waals surface area contributed by atoms with Gasteiger partial charge in [-0.2, -0.15) is 0 Å². The number of methoxy groups -OCH3 is 1. The van der Waals surface area contributed by atoms with E-state index in [1.54, 1.807) is 7.11 Å². The molecule has 1 heterocycles. The molecule has 1 aliphatic carbocycles. The fourth-order valence-electron chi connectivity index (χ4n) is 2.66. The molecule has 0 fully saturated rings. The molecule has 98 valence electrons. The fraction of sp³-hybridized carbons (Fsp3) is 0.312. The first-order chi connectivity index (χ1) is 9.28. The zero-order chi connectivity index (χ0) is 13.2. The van der Waals surface area contributed by atoms with Gasteiger partial charge in [-0.3, -0.25) is 4.79 Å². The third kappa shape index (κ3) is 2.28. The SMILES string of the molecule is COc1ccc(Cn2ccc3c2CCCC3=O)cc1. The molecule has 0 bridgehead atoms. The quantitative estimate of drug-likeness (QED) is 0.844. The summed E-state index contributed by atoms with van der Waals surface area (Å²) in [6.45, 7) is 0.812. The highest BCUT2D eigenvalue weighted by Crippen LogP contribution is 2.23. The monoisotopic (exact) mass is 255 g/mol. The van der Waals surface area contributed by atoms with Crippen LogP contribution in [0.15, 0.2) is 36.5 Å². The molecule has 3 heteroatoms. The van der Waals surface area contributed by atoms with E-state index in [2.05, 4.69) is 16.7 Å². The van der Waals surface area contributed by atoms with Gasteiger partial charge in [0, 0.05) is 30.4 Å². The van der Waals surface area contributed by atoms with Crippen molar-refractivity contribution in [3.63, 3.8) is 0 Å². The Bertz CT molecular complexity index is 596. The molecule has 0 amide bonds. The highest BCUT2D eigenvalue weighted by molar-refractivity contribution is 5.98. The minimum absolute atomic E-state index is 0.287. The maximum absolute atomic E-state index is 11.8. The number of carbonyl (C=O) groups excluding carboxylic acids is 1. The summed E-state index contributed by atoms with van der Waals surface area (Å²) >= 11 is 0. The van der Waals surface area contributed by atoms with Gasteiger partial charge in [0.1, 0.15) is 5.75 Å². The third-order valence-corrected chi connectivity index (χ3v) is 3.71. The summed E-state index contributed by atoms with van der Waals surface area (Å²) in [5.74, 6) is 1.16. The molecule has 0 N–H and O–H groups in total. The molecule has 1 aliphatic rings. The van der Waals surface area contributed by atoms with Crippen LogP contribution in [0.4, 0.5) is 0 Å². The van der Waals surface area contributed by atoms with E-state index in [1.165, 1.54) is 11.3 Å². The molecule has 0 radical (unpaired) electrons. The van der Waals surface area contributed by atoms with Crippen LogP contribution in [0.1, 0.15) is 34.5 Å². The second-order valence-electron chi connectivity index (χ2n) is 4.93. The number of fused-ring (bicyclic) bond motifs is 1. The summed E-state index contributed by atoms with van der Waals surface area (Å²) in [6, 6.07) is 10.0. The van der Waals surface area contributed by atoms with Gasteiger partial charge in [-0.15, -0.1) is 0 Å². The molecular weight excluding hydrogens is 238 g/mol. The predicted octanol–water partition coefficient (Wildman–Crippen LogP) is 3.06. The Morgan fingerprint density at radius 3 is 2.68 bits per heavy atom.